The average molecular weight is 595 g/mol. The summed E-state index contributed by atoms with van der Waals surface area (Å²) < 4.78 is 13.2. The summed E-state index contributed by atoms with van der Waals surface area (Å²) >= 11 is 11.6. The molecule has 3 aromatic rings. The molecule has 0 fully saturated rings. The van der Waals surface area contributed by atoms with Gasteiger partial charge in [-0.15, -0.1) is 0 Å². The minimum Gasteiger partial charge on any atom is -0.489 e. The van der Waals surface area contributed by atoms with Crippen LogP contribution < -0.4 is 4.74 Å². The van der Waals surface area contributed by atoms with Gasteiger partial charge in [-0.05, 0) is 98.2 Å². The summed E-state index contributed by atoms with van der Waals surface area (Å²) in [4.78, 5) is 16.6. The molecule has 0 aliphatic carbocycles. The first kappa shape index (κ1) is 21.1. The van der Waals surface area contributed by atoms with E-state index in [1.54, 1.807) is 6.08 Å². The van der Waals surface area contributed by atoms with Crippen LogP contribution in [-0.2, 0) is 16.1 Å². The van der Waals surface area contributed by atoms with Gasteiger partial charge in [0.25, 0.3) is 0 Å². The Hall–Kier alpha value is -2.16. The summed E-state index contributed by atoms with van der Waals surface area (Å²) in [5, 5.41) is 0.688. The second-order valence-electron chi connectivity index (χ2n) is 6.45. The Balaban J connectivity index is 1.51. The maximum absolute atomic E-state index is 12.3. The highest BCUT2D eigenvalue weighted by atomic mass is 127. The van der Waals surface area contributed by atoms with Crippen molar-refractivity contribution in [2.24, 2.45) is 4.99 Å². The van der Waals surface area contributed by atoms with E-state index in [4.69, 9.17) is 21.1 Å². The minimum atomic E-state index is -0.479. The molecule has 4 nitrogen and oxygen atoms in total. The highest BCUT2D eigenvalue weighted by Crippen LogP contribution is 2.25. The van der Waals surface area contributed by atoms with E-state index in [-0.39, 0.29) is 5.70 Å². The van der Waals surface area contributed by atoms with Crippen LogP contribution in [0.15, 0.2) is 81.9 Å². The molecule has 0 unspecified atom stereocenters. The number of ether oxygens (including phenoxy) is 2. The molecular weight excluding hydrogens is 581 g/mol. The zero-order valence-electron chi connectivity index (χ0n) is 15.4. The van der Waals surface area contributed by atoms with E-state index in [9.17, 15) is 4.79 Å². The van der Waals surface area contributed by atoms with E-state index in [0.29, 0.717) is 23.3 Å². The Bertz CT molecular complexity index is 1180. The average Bonchev–Trinajstić information content (AvgIpc) is 3.10. The predicted molar refractivity (Wildman–Crippen MR) is 130 cm³/mol. The zero-order valence-corrected chi connectivity index (χ0v) is 19.9. The molecule has 0 amide bonds. The normalized spacial score (nSPS) is 14.6. The SMILES string of the molecule is O=C1OC(c2ccc(I)c(Br)c2)=N/C1=C\c1cccc(OCc2ccc(Cl)cc2)c1. The van der Waals surface area contributed by atoms with Crippen molar-refractivity contribution in [3.8, 4) is 5.75 Å². The van der Waals surface area contributed by atoms with E-state index in [2.05, 4.69) is 43.5 Å². The zero-order chi connectivity index (χ0) is 21.1. The lowest BCUT2D eigenvalue weighted by atomic mass is 10.2. The van der Waals surface area contributed by atoms with Crippen LogP contribution in [0.5, 0.6) is 5.75 Å². The number of hydrogen-bond donors (Lipinski definition) is 0. The van der Waals surface area contributed by atoms with E-state index in [1.165, 1.54) is 0 Å². The molecule has 0 aromatic heterocycles. The van der Waals surface area contributed by atoms with Crippen LogP contribution in [-0.4, -0.2) is 11.9 Å². The van der Waals surface area contributed by atoms with Gasteiger partial charge in [0.1, 0.15) is 12.4 Å². The molecule has 4 rings (SSSR count). The standard InChI is InChI=1S/C23H14BrClINO3/c24-19-12-16(6-9-20(19)26)22-27-21(23(28)30-22)11-15-2-1-3-18(10-15)29-13-14-4-7-17(25)8-5-14/h1-12H,13H2/b21-11-. The fourth-order valence-electron chi connectivity index (χ4n) is 2.76. The highest BCUT2D eigenvalue weighted by Gasteiger charge is 2.24. The van der Waals surface area contributed by atoms with Crippen molar-refractivity contribution in [1.82, 2.24) is 0 Å². The fourth-order valence-corrected chi connectivity index (χ4v) is 3.60. The van der Waals surface area contributed by atoms with Gasteiger partial charge in [-0.1, -0.05) is 35.9 Å². The van der Waals surface area contributed by atoms with Gasteiger partial charge in [0.15, 0.2) is 5.70 Å². The molecule has 0 saturated heterocycles. The molecule has 1 aliphatic heterocycles. The first-order chi connectivity index (χ1) is 14.5. The van der Waals surface area contributed by atoms with Crippen molar-refractivity contribution in [2.45, 2.75) is 6.61 Å². The number of cyclic esters (lactones) is 1. The van der Waals surface area contributed by atoms with E-state index in [0.717, 1.165) is 24.7 Å². The fraction of sp³-hybridized carbons (Fsp3) is 0.0435. The lowest BCUT2D eigenvalue weighted by Gasteiger charge is -2.07. The summed E-state index contributed by atoms with van der Waals surface area (Å²) in [6, 6.07) is 20.6. The Morgan fingerprint density at radius 2 is 1.90 bits per heavy atom. The Morgan fingerprint density at radius 1 is 1.10 bits per heavy atom. The third-order valence-electron chi connectivity index (χ3n) is 4.27. The summed E-state index contributed by atoms with van der Waals surface area (Å²) in [5.74, 6) is 0.502. The number of hydrogen-bond acceptors (Lipinski definition) is 4. The maximum atomic E-state index is 12.3. The number of rotatable bonds is 5. The monoisotopic (exact) mass is 593 g/mol. The molecule has 0 radical (unpaired) electrons. The van der Waals surface area contributed by atoms with Gasteiger partial charge in [0, 0.05) is 18.6 Å². The molecule has 0 saturated carbocycles. The molecule has 3 aromatic carbocycles. The van der Waals surface area contributed by atoms with E-state index >= 15 is 0 Å². The van der Waals surface area contributed by atoms with Gasteiger partial charge in [0.05, 0.1) is 0 Å². The van der Waals surface area contributed by atoms with Crippen LogP contribution in [0.4, 0.5) is 0 Å². The van der Waals surface area contributed by atoms with Crippen molar-refractivity contribution >= 4 is 68.1 Å². The number of aliphatic imine (C=N–C) groups is 1. The van der Waals surface area contributed by atoms with Gasteiger partial charge in [0.2, 0.25) is 5.90 Å². The van der Waals surface area contributed by atoms with Crippen LogP contribution in [0.2, 0.25) is 5.02 Å². The number of nitrogens with zero attached hydrogens (tertiary/aromatic N) is 1. The van der Waals surface area contributed by atoms with Crippen LogP contribution in [0.1, 0.15) is 16.7 Å². The van der Waals surface area contributed by atoms with Crippen LogP contribution in [0.3, 0.4) is 0 Å². The van der Waals surface area contributed by atoms with Crippen molar-refractivity contribution in [3.05, 3.63) is 102 Å². The maximum Gasteiger partial charge on any atom is 0.363 e. The topological polar surface area (TPSA) is 47.9 Å². The van der Waals surface area contributed by atoms with Crippen LogP contribution in [0.25, 0.3) is 6.08 Å². The van der Waals surface area contributed by atoms with Crippen LogP contribution in [0, 0.1) is 3.57 Å². The quantitative estimate of drug-likeness (QED) is 0.189. The van der Waals surface area contributed by atoms with Gasteiger partial charge in [-0.2, -0.15) is 0 Å². The summed E-state index contributed by atoms with van der Waals surface area (Å²) in [6.45, 7) is 0.420. The van der Waals surface area contributed by atoms with Gasteiger partial charge in [-0.3, -0.25) is 0 Å². The molecule has 7 heteroatoms. The van der Waals surface area contributed by atoms with Crippen molar-refractivity contribution in [1.29, 1.82) is 0 Å². The molecule has 0 bridgehead atoms. The third kappa shape index (κ3) is 5.11. The molecule has 1 heterocycles. The van der Waals surface area contributed by atoms with Crippen molar-refractivity contribution < 1.29 is 14.3 Å². The van der Waals surface area contributed by atoms with E-state index in [1.807, 2.05) is 66.7 Å². The number of esters is 1. The Labute approximate surface area is 200 Å². The summed E-state index contributed by atoms with van der Waals surface area (Å²) in [6.07, 6.45) is 1.69. The number of carbonyl (C=O) groups is 1. The van der Waals surface area contributed by atoms with Crippen molar-refractivity contribution in [2.75, 3.05) is 0 Å². The van der Waals surface area contributed by atoms with Gasteiger partial charge >= 0.3 is 5.97 Å². The molecule has 1 aliphatic rings. The molecule has 0 spiro atoms. The second-order valence-corrected chi connectivity index (χ2v) is 8.91. The summed E-state index contributed by atoms with van der Waals surface area (Å²) in [5.41, 5.74) is 2.79. The summed E-state index contributed by atoms with van der Waals surface area (Å²) in [7, 11) is 0. The number of carbonyl (C=O) groups excluding carboxylic acids is 1. The Kier molecular flexibility index (Phi) is 6.55. The van der Waals surface area contributed by atoms with Gasteiger partial charge < -0.3 is 9.47 Å². The lowest BCUT2D eigenvalue weighted by Crippen LogP contribution is -2.05. The molecule has 30 heavy (non-hydrogen) atoms. The molecule has 150 valence electrons. The smallest absolute Gasteiger partial charge is 0.363 e. The first-order valence-corrected chi connectivity index (χ1v) is 11.2. The van der Waals surface area contributed by atoms with Gasteiger partial charge in [-0.25, -0.2) is 9.79 Å². The van der Waals surface area contributed by atoms with Crippen molar-refractivity contribution in [3.63, 3.8) is 0 Å². The molecule has 0 N–H and O–H groups in total. The lowest BCUT2D eigenvalue weighted by molar-refractivity contribution is -0.129. The largest absolute Gasteiger partial charge is 0.489 e. The predicted octanol–water partition coefficient (Wildman–Crippen LogP) is 6.63. The Morgan fingerprint density at radius 3 is 2.67 bits per heavy atom. The second kappa shape index (κ2) is 9.32. The minimum absolute atomic E-state index is 0.245. The molecular formula is C23H14BrClINO3. The number of benzene rings is 3. The van der Waals surface area contributed by atoms with E-state index < -0.39 is 5.97 Å². The third-order valence-corrected chi connectivity index (χ3v) is 6.86. The first-order valence-electron chi connectivity index (χ1n) is 8.93. The highest BCUT2D eigenvalue weighted by molar-refractivity contribution is 14.1. The van der Waals surface area contributed by atoms with Crippen LogP contribution >= 0.6 is 50.1 Å². The molecule has 0 atom stereocenters. The number of halogens is 3.